The van der Waals surface area contributed by atoms with Crippen molar-refractivity contribution in [3.8, 4) is 0 Å². The Morgan fingerprint density at radius 1 is 1.26 bits per heavy atom. The zero-order chi connectivity index (χ0) is 28.0. The van der Waals surface area contributed by atoms with Crippen LogP contribution in [0.15, 0.2) is 48.0 Å². The number of aliphatic imine (C=N–C) groups is 1. The molecular weight excluding hydrogens is 521 g/mol. The van der Waals surface area contributed by atoms with Gasteiger partial charge < -0.3 is 26.8 Å². The molecule has 0 spiro atoms. The van der Waals surface area contributed by atoms with Crippen LogP contribution in [0, 0.1) is 10.7 Å². The molecule has 14 heteroatoms. The Balaban J connectivity index is 1.84. The van der Waals surface area contributed by atoms with Crippen LogP contribution in [0.4, 0.5) is 26.2 Å². The molecule has 1 atom stereocenters. The van der Waals surface area contributed by atoms with Crippen LogP contribution in [-0.2, 0) is 27.3 Å². The second-order valence-corrected chi connectivity index (χ2v) is 8.73. The predicted molar refractivity (Wildman–Crippen MR) is 141 cm³/mol. The summed E-state index contributed by atoms with van der Waals surface area (Å²) in [5.74, 6) is -3.45. The molecule has 0 saturated carbocycles. The molecule has 1 aliphatic rings. The predicted octanol–water partition coefficient (Wildman–Crippen LogP) is 2.29. The number of guanidine groups is 1. The number of nitrogens with zero attached hydrogens (tertiary/aromatic N) is 3. The summed E-state index contributed by atoms with van der Waals surface area (Å²) in [6.45, 7) is 3.72. The average Bonchev–Trinajstić information content (AvgIpc) is 3.21. The zero-order valence-electron chi connectivity index (χ0n) is 20.4. The van der Waals surface area contributed by atoms with Gasteiger partial charge in [0.25, 0.3) is 0 Å². The van der Waals surface area contributed by atoms with Gasteiger partial charge in [-0.1, -0.05) is 36.4 Å². The summed E-state index contributed by atoms with van der Waals surface area (Å²) in [5.41, 5.74) is 13.0. The number of nitroso groups, excluding NO2 is 1. The summed E-state index contributed by atoms with van der Waals surface area (Å²) in [6.07, 6.45) is 1.25. The third-order valence-electron chi connectivity index (χ3n) is 5.42. The van der Waals surface area contributed by atoms with E-state index in [4.69, 9.17) is 27.8 Å². The van der Waals surface area contributed by atoms with Crippen LogP contribution in [0.1, 0.15) is 11.1 Å². The molecule has 1 aliphatic heterocycles. The second-order valence-electron chi connectivity index (χ2n) is 8.32. The number of primary amides is 1. The van der Waals surface area contributed by atoms with Crippen molar-refractivity contribution in [2.45, 2.75) is 19.0 Å². The first kappa shape index (κ1) is 28.1. The third kappa shape index (κ3) is 6.82. The summed E-state index contributed by atoms with van der Waals surface area (Å²) in [4.78, 5) is 52.9. The fourth-order valence-corrected chi connectivity index (χ4v) is 3.98. The minimum absolute atomic E-state index is 0.00152. The van der Waals surface area contributed by atoms with E-state index < -0.39 is 29.8 Å². The number of amides is 3. The minimum Gasteiger partial charge on any atom is -0.445 e. The number of hydrogen-bond donors (Lipinski definition) is 4. The lowest BCUT2D eigenvalue weighted by Crippen LogP contribution is -2.40. The maximum atomic E-state index is 14.0. The number of fused-ring (bicyclic) bond motifs is 1. The Hall–Kier alpha value is -4.52. The first-order valence-corrected chi connectivity index (χ1v) is 11.6. The molecule has 1 heterocycles. The fourth-order valence-electron chi connectivity index (χ4n) is 3.82. The lowest BCUT2D eigenvalue weighted by atomic mass is 10.1. The Labute approximate surface area is 222 Å². The molecule has 0 fully saturated rings. The summed E-state index contributed by atoms with van der Waals surface area (Å²) >= 11 is 5.85. The van der Waals surface area contributed by atoms with E-state index in [1.54, 1.807) is 6.07 Å². The van der Waals surface area contributed by atoms with E-state index in [0.717, 1.165) is 22.5 Å². The summed E-state index contributed by atoms with van der Waals surface area (Å²) < 4.78 is 20.0. The van der Waals surface area contributed by atoms with Crippen LogP contribution in [0.3, 0.4) is 0 Å². The van der Waals surface area contributed by atoms with Crippen molar-refractivity contribution in [3.05, 3.63) is 69.9 Å². The maximum Gasteiger partial charge on any atom is 0.414 e. The van der Waals surface area contributed by atoms with Gasteiger partial charge in [0.2, 0.25) is 6.54 Å². The topological polar surface area (TPSA) is 172 Å². The lowest BCUT2D eigenvalue weighted by molar-refractivity contribution is -0.535. The highest BCUT2D eigenvalue weighted by molar-refractivity contribution is 6.39. The Morgan fingerprint density at radius 3 is 2.63 bits per heavy atom. The number of nitrogens with one attached hydrogen (secondary N) is 2. The first-order chi connectivity index (χ1) is 18.0. The molecular formula is C24H26ClFN7O5+. The quantitative estimate of drug-likeness (QED) is 0.129. The van der Waals surface area contributed by atoms with E-state index in [1.807, 2.05) is 12.1 Å². The number of carbonyl (C=O) groups excluding carboxylic acids is 3. The smallest absolute Gasteiger partial charge is 0.414 e. The normalized spacial score (nSPS) is 14.4. The molecule has 0 bridgehead atoms. The van der Waals surface area contributed by atoms with E-state index in [0.29, 0.717) is 17.7 Å². The number of hydrogen-bond acceptors (Lipinski definition) is 6. The van der Waals surface area contributed by atoms with Crippen molar-refractivity contribution in [1.29, 1.82) is 0 Å². The largest absolute Gasteiger partial charge is 0.445 e. The Kier molecular flexibility index (Phi) is 8.97. The number of benzene rings is 2. The van der Waals surface area contributed by atoms with Crippen molar-refractivity contribution >= 4 is 52.5 Å². The van der Waals surface area contributed by atoms with E-state index in [2.05, 4.69) is 22.2 Å². The molecule has 0 saturated heterocycles. The molecule has 0 aromatic heterocycles. The van der Waals surface area contributed by atoms with Crippen molar-refractivity contribution in [3.63, 3.8) is 0 Å². The number of rotatable bonds is 8. The van der Waals surface area contributed by atoms with E-state index in [9.17, 15) is 23.7 Å². The second kappa shape index (κ2) is 12.1. The minimum atomic E-state index is -1.28. The van der Waals surface area contributed by atoms with Gasteiger partial charge in [0.05, 0.1) is 34.7 Å². The molecule has 6 N–H and O–H groups in total. The SMILES string of the molecule is C=CCOC(=O)N1c2cc(C[N+](C)=O)ccc2C[C@H]1CN=C(N)Nc1cc(Cl)c(F)cc1NC(=O)C(N)=O. The number of halogens is 2. The molecule has 12 nitrogen and oxygen atoms in total. The molecule has 3 rings (SSSR count). The Morgan fingerprint density at radius 2 is 1.97 bits per heavy atom. The molecule has 0 unspecified atom stereocenters. The Bertz CT molecular complexity index is 1330. The fraction of sp³-hybridized carbons (Fsp3) is 0.250. The van der Waals surface area contributed by atoms with Crippen LogP contribution in [0.25, 0.3) is 0 Å². The van der Waals surface area contributed by atoms with Crippen LogP contribution >= 0.6 is 11.6 Å². The van der Waals surface area contributed by atoms with Crippen LogP contribution in [0.5, 0.6) is 0 Å². The van der Waals surface area contributed by atoms with Gasteiger partial charge >= 0.3 is 17.9 Å². The van der Waals surface area contributed by atoms with Gasteiger partial charge in [-0.25, -0.2) is 9.18 Å². The van der Waals surface area contributed by atoms with Gasteiger partial charge in [0, 0.05) is 16.5 Å². The van der Waals surface area contributed by atoms with Crippen molar-refractivity contribution in [2.75, 3.05) is 35.7 Å². The highest BCUT2D eigenvalue weighted by atomic mass is 35.5. The molecule has 0 radical (unpaired) electrons. The van der Waals surface area contributed by atoms with Crippen molar-refractivity contribution in [1.82, 2.24) is 0 Å². The third-order valence-corrected chi connectivity index (χ3v) is 5.71. The first-order valence-electron chi connectivity index (χ1n) is 11.2. The number of carbonyl (C=O) groups is 3. The molecule has 0 aliphatic carbocycles. The lowest BCUT2D eigenvalue weighted by Gasteiger charge is -2.24. The van der Waals surface area contributed by atoms with Gasteiger partial charge in [0.15, 0.2) is 13.0 Å². The van der Waals surface area contributed by atoms with Crippen LogP contribution in [0.2, 0.25) is 5.02 Å². The monoisotopic (exact) mass is 546 g/mol. The van der Waals surface area contributed by atoms with E-state index in [-0.39, 0.29) is 42.1 Å². The highest BCUT2D eigenvalue weighted by Crippen LogP contribution is 2.34. The van der Waals surface area contributed by atoms with Gasteiger partial charge in [-0.2, -0.15) is 0 Å². The average molecular weight is 547 g/mol. The number of anilines is 3. The highest BCUT2D eigenvalue weighted by Gasteiger charge is 2.35. The van der Waals surface area contributed by atoms with Gasteiger partial charge in [0.1, 0.15) is 12.4 Å². The number of nitrogens with two attached hydrogens (primary N) is 2. The van der Waals surface area contributed by atoms with Gasteiger partial charge in [-0.05, 0) is 28.9 Å². The number of ether oxygens (including phenoxy) is 1. The van der Waals surface area contributed by atoms with E-state index in [1.165, 1.54) is 18.0 Å². The maximum absolute atomic E-state index is 14.0. The van der Waals surface area contributed by atoms with Gasteiger partial charge in [-0.15, -0.1) is 0 Å². The summed E-state index contributed by atoms with van der Waals surface area (Å²) in [5, 5.41) is 4.58. The van der Waals surface area contributed by atoms with Crippen LogP contribution in [-0.4, -0.2) is 54.9 Å². The molecule has 3 amide bonds. The van der Waals surface area contributed by atoms with Crippen LogP contribution < -0.4 is 27.0 Å². The van der Waals surface area contributed by atoms with Gasteiger partial charge in [-0.3, -0.25) is 19.5 Å². The molecule has 200 valence electrons. The standard InChI is InChI=1S/C24H25ClFN7O5/c1-3-6-38-24(36)33-15(8-14-5-4-13(7-20(14)33)12-32(2)37)11-29-23(28)31-18-9-16(25)17(26)10-19(18)30-22(35)21(27)34/h3-5,7,9-10,15H,1,6,8,11-12H2,2H3,(H5-,27,28,29,30,31,34,35)/p+1/t15-/m0/s1. The van der Waals surface area contributed by atoms with Crippen molar-refractivity contribution in [2.24, 2.45) is 16.5 Å². The molecule has 2 aromatic carbocycles. The molecule has 2 aromatic rings. The summed E-state index contributed by atoms with van der Waals surface area (Å²) in [7, 11) is 1.40. The van der Waals surface area contributed by atoms with Crippen molar-refractivity contribution < 1.29 is 28.3 Å². The van der Waals surface area contributed by atoms with E-state index >= 15 is 0 Å². The summed E-state index contributed by atoms with van der Waals surface area (Å²) in [6, 6.07) is 6.95. The molecule has 38 heavy (non-hydrogen) atoms. The zero-order valence-corrected chi connectivity index (χ0v) is 21.1.